The molecule has 0 saturated heterocycles. The van der Waals surface area contributed by atoms with Crippen molar-refractivity contribution in [1.29, 1.82) is 0 Å². The molecule has 0 fully saturated rings. The standard InChI is InChI=1S/C15H14N2O3/c1-2-17-12(7-8-16-17)4-5-13(18)11-3-6-14-15(9-11)20-10-19-14/h3-9H,2,10H2,1H3/b5-4+. The Morgan fingerprint density at radius 1 is 1.35 bits per heavy atom. The number of rotatable bonds is 4. The van der Waals surface area contributed by atoms with Crippen molar-refractivity contribution in [3.8, 4) is 11.5 Å². The van der Waals surface area contributed by atoms with E-state index in [4.69, 9.17) is 9.47 Å². The predicted octanol–water partition coefficient (Wildman–Crippen LogP) is 2.53. The molecule has 0 amide bonds. The smallest absolute Gasteiger partial charge is 0.231 e. The summed E-state index contributed by atoms with van der Waals surface area (Å²) in [5.41, 5.74) is 1.48. The minimum Gasteiger partial charge on any atom is -0.454 e. The summed E-state index contributed by atoms with van der Waals surface area (Å²) in [6.07, 6.45) is 5.03. The van der Waals surface area contributed by atoms with E-state index in [1.54, 1.807) is 36.5 Å². The van der Waals surface area contributed by atoms with Gasteiger partial charge in [-0.1, -0.05) is 0 Å². The number of aryl methyl sites for hydroxylation is 1. The van der Waals surface area contributed by atoms with E-state index in [0.29, 0.717) is 17.1 Å². The van der Waals surface area contributed by atoms with E-state index in [9.17, 15) is 4.79 Å². The Balaban J connectivity index is 1.79. The van der Waals surface area contributed by atoms with Crippen molar-refractivity contribution in [2.24, 2.45) is 0 Å². The fourth-order valence-corrected chi connectivity index (χ4v) is 2.06. The third kappa shape index (κ3) is 2.30. The monoisotopic (exact) mass is 270 g/mol. The number of benzene rings is 1. The van der Waals surface area contributed by atoms with Crippen molar-refractivity contribution in [2.75, 3.05) is 6.79 Å². The summed E-state index contributed by atoms with van der Waals surface area (Å²) in [6, 6.07) is 7.05. The van der Waals surface area contributed by atoms with E-state index < -0.39 is 0 Å². The molecule has 1 aromatic carbocycles. The van der Waals surface area contributed by atoms with Crippen LogP contribution in [0.25, 0.3) is 6.08 Å². The van der Waals surface area contributed by atoms with Crippen LogP contribution in [0.4, 0.5) is 0 Å². The number of allylic oxidation sites excluding steroid dienone is 1. The van der Waals surface area contributed by atoms with Gasteiger partial charge in [0.2, 0.25) is 6.79 Å². The van der Waals surface area contributed by atoms with Crippen LogP contribution in [0.15, 0.2) is 36.5 Å². The molecule has 0 atom stereocenters. The van der Waals surface area contributed by atoms with Gasteiger partial charge in [-0.2, -0.15) is 5.10 Å². The first-order chi connectivity index (χ1) is 9.78. The van der Waals surface area contributed by atoms with Crippen molar-refractivity contribution < 1.29 is 14.3 Å². The highest BCUT2D eigenvalue weighted by molar-refractivity contribution is 6.07. The Morgan fingerprint density at radius 3 is 3.05 bits per heavy atom. The molecule has 0 saturated carbocycles. The van der Waals surface area contributed by atoms with Crippen LogP contribution < -0.4 is 9.47 Å². The molecule has 5 nitrogen and oxygen atoms in total. The fraction of sp³-hybridized carbons (Fsp3) is 0.200. The van der Waals surface area contributed by atoms with Crippen molar-refractivity contribution in [1.82, 2.24) is 9.78 Å². The van der Waals surface area contributed by atoms with Crippen molar-refractivity contribution in [3.05, 3.63) is 47.8 Å². The Bertz CT molecular complexity index is 674. The minimum atomic E-state index is -0.0767. The summed E-state index contributed by atoms with van der Waals surface area (Å²) in [5.74, 6) is 1.21. The molecule has 0 aliphatic carbocycles. The molecule has 1 aliphatic rings. The molecule has 102 valence electrons. The quantitative estimate of drug-likeness (QED) is 0.633. The second kappa shape index (κ2) is 5.21. The molecular formula is C15H14N2O3. The van der Waals surface area contributed by atoms with Gasteiger partial charge in [0.1, 0.15) is 0 Å². The number of hydrogen-bond donors (Lipinski definition) is 0. The van der Waals surface area contributed by atoms with E-state index in [-0.39, 0.29) is 12.6 Å². The number of fused-ring (bicyclic) bond motifs is 1. The summed E-state index contributed by atoms with van der Waals surface area (Å²) in [7, 11) is 0. The third-order valence-corrected chi connectivity index (χ3v) is 3.11. The van der Waals surface area contributed by atoms with Gasteiger partial charge in [-0.3, -0.25) is 9.48 Å². The molecule has 3 rings (SSSR count). The van der Waals surface area contributed by atoms with Crippen LogP contribution in [-0.4, -0.2) is 22.4 Å². The largest absolute Gasteiger partial charge is 0.454 e. The van der Waals surface area contributed by atoms with E-state index in [0.717, 1.165) is 12.2 Å². The van der Waals surface area contributed by atoms with Crippen LogP contribution in [0.5, 0.6) is 11.5 Å². The first-order valence-corrected chi connectivity index (χ1v) is 6.42. The third-order valence-electron chi connectivity index (χ3n) is 3.11. The normalized spacial score (nSPS) is 13.1. The molecule has 20 heavy (non-hydrogen) atoms. The molecule has 0 spiro atoms. The van der Waals surface area contributed by atoms with Crippen molar-refractivity contribution in [3.63, 3.8) is 0 Å². The first-order valence-electron chi connectivity index (χ1n) is 6.42. The van der Waals surface area contributed by atoms with Crippen LogP contribution in [0.1, 0.15) is 23.0 Å². The molecule has 2 aromatic rings. The van der Waals surface area contributed by atoms with Crippen molar-refractivity contribution >= 4 is 11.9 Å². The second-order valence-corrected chi connectivity index (χ2v) is 4.34. The molecule has 0 N–H and O–H groups in total. The van der Waals surface area contributed by atoms with E-state index in [2.05, 4.69) is 5.10 Å². The van der Waals surface area contributed by atoms with Gasteiger partial charge in [0.25, 0.3) is 0 Å². The van der Waals surface area contributed by atoms with E-state index >= 15 is 0 Å². The van der Waals surface area contributed by atoms with E-state index in [1.807, 2.05) is 17.7 Å². The second-order valence-electron chi connectivity index (χ2n) is 4.34. The number of hydrogen-bond acceptors (Lipinski definition) is 4. The molecule has 1 aliphatic heterocycles. The fourth-order valence-electron chi connectivity index (χ4n) is 2.06. The predicted molar refractivity (Wildman–Crippen MR) is 73.8 cm³/mol. The Hall–Kier alpha value is -2.56. The van der Waals surface area contributed by atoms with Crippen LogP contribution >= 0.6 is 0 Å². The first kappa shape index (κ1) is 12.5. The van der Waals surface area contributed by atoms with E-state index in [1.165, 1.54) is 0 Å². The number of ether oxygens (including phenoxy) is 2. The van der Waals surface area contributed by atoms with Crippen LogP contribution in [0.2, 0.25) is 0 Å². The molecule has 1 aromatic heterocycles. The van der Waals surface area contributed by atoms with Crippen LogP contribution in [0, 0.1) is 0 Å². The van der Waals surface area contributed by atoms with Gasteiger partial charge < -0.3 is 9.47 Å². The zero-order valence-corrected chi connectivity index (χ0v) is 11.1. The summed E-state index contributed by atoms with van der Waals surface area (Å²) in [5, 5.41) is 4.15. The average molecular weight is 270 g/mol. The molecule has 0 radical (unpaired) electrons. The van der Waals surface area contributed by atoms with Crippen LogP contribution in [0.3, 0.4) is 0 Å². The lowest BCUT2D eigenvalue weighted by molar-refractivity contribution is 0.104. The number of ketones is 1. The van der Waals surface area contributed by atoms with Gasteiger partial charge in [-0.15, -0.1) is 0 Å². The highest BCUT2D eigenvalue weighted by atomic mass is 16.7. The lowest BCUT2D eigenvalue weighted by atomic mass is 10.1. The molecule has 2 heterocycles. The maximum Gasteiger partial charge on any atom is 0.231 e. The van der Waals surface area contributed by atoms with Gasteiger partial charge in [0.05, 0.1) is 5.69 Å². The summed E-state index contributed by atoms with van der Waals surface area (Å²) < 4.78 is 12.3. The Labute approximate surface area is 116 Å². The SMILES string of the molecule is CCn1nccc1/C=C/C(=O)c1ccc2c(c1)OCO2. The summed E-state index contributed by atoms with van der Waals surface area (Å²) in [4.78, 5) is 12.1. The number of carbonyl (C=O) groups is 1. The number of nitrogens with zero attached hydrogens (tertiary/aromatic N) is 2. The lowest BCUT2D eigenvalue weighted by Crippen LogP contribution is -1.99. The average Bonchev–Trinajstić information content (AvgIpc) is 3.12. The highest BCUT2D eigenvalue weighted by Crippen LogP contribution is 2.32. The maximum atomic E-state index is 12.1. The van der Waals surface area contributed by atoms with Crippen molar-refractivity contribution in [2.45, 2.75) is 13.5 Å². The number of carbonyl (C=O) groups excluding carboxylic acids is 1. The Kier molecular flexibility index (Phi) is 3.25. The lowest BCUT2D eigenvalue weighted by Gasteiger charge is -2.00. The molecular weight excluding hydrogens is 256 g/mol. The van der Waals surface area contributed by atoms with Gasteiger partial charge in [0, 0.05) is 18.3 Å². The zero-order valence-electron chi connectivity index (χ0n) is 11.1. The minimum absolute atomic E-state index is 0.0767. The molecule has 0 bridgehead atoms. The zero-order chi connectivity index (χ0) is 13.9. The molecule has 5 heteroatoms. The maximum absolute atomic E-state index is 12.1. The molecule has 0 unspecified atom stereocenters. The van der Waals surface area contributed by atoms with Gasteiger partial charge in [-0.25, -0.2) is 0 Å². The summed E-state index contributed by atoms with van der Waals surface area (Å²) in [6.45, 7) is 2.98. The summed E-state index contributed by atoms with van der Waals surface area (Å²) >= 11 is 0. The Morgan fingerprint density at radius 2 is 2.20 bits per heavy atom. The van der Waals surface area contributed by atoms with Crippen LogP contribution in [-0.2, 0) is 6.54 Å². The van der Waals surface area contributed by atoms with Gasteiger partial charge in [0.15, 0.2) is 17.3 Å². The number of aromatic nitrogens is 2. The van der Waals surface area contributed by atoms with Gasteiger partial charge >= 0.3 is 0 Å². The highest BCUT2D eigenvalue weighted by Gasteiger charge is 2.15. The topological polar surface area (TPSA) is 53.4 Å². The van der Waals surface area contributed by atoms with Gasteiger partial charge in [-0.05, 0) is 43.3 Å².